The Kier molecular flexibility index (Phi) is 3.33. The molecule has 5 heteroatoms. The Morgan fingerprint density at radius 2 is 2.19 bits per heavy atom. The molecule has 1 aromatic heterocycles. The summed E-state index contributed by atoms with van der Waals surface area (Å²) in [6, 6.07) is 3.31. The van der Waals surface area contributed by atoms with E-state index in [0.717, 1.165) is 12.8 Å². The number of Topliss-reactive ketones (excluding diaryl/α,β-unsaturated/α-hetero) is 1. The molecule has 0 spiro atoms. The molecular formula is C11H11BrN2O2. The summed E-state index contributed by atoms with van der Waals surface area (Å²) < 4.78 is 0. The van der Waals surface area contributed by atoms with Gasteiger partial charge in [0.1, 0.15) is 5.82 Å². The molecule has 0 unspecified atom stereocenters. The fourth-order valence-corrected chi connectivity index (χ4v) is 1.61. The maximum absolute atomic E-state index is 11.4. The Morgan fingerprint density at radius 1 is 1.44 bits per heavy atom. The summed E-state index contributed by atoms with van der Waals surface area (Å²) in [6.45, 7) is 0. The third kappa shape index (κ3) is 2.66. The molecule has 0 aromatic carbocycles. The van der Waals surface area contributed by atoms with Crippen molar-refractivity contribution in [3.05, 3.63) is 23.9 Å². The third-order valence-electron chi connectivity index (χ3n) is 2.41. The maximum atomic E-state index is 11.4. The molecule has 0 atom stereocenters. The summed E-state index contributed by atoms with van der Waals surface area (Å²) in [5.41, 5.74) is 0.543. The molecule has 4 nitrogen and oxygen atoms in total. The van der Waals surface area contributed by atoms with Gasteiger partial charge in [0, 0.05) is 17.7 Å². The van der Waals surface area contributed by atoms with Crippen molar-refractivity contribution in [2.75, 3.05) is 10.6 Å². The van der Waals surface area contributed by atoms with Crippen LogP contribution in [0, 0.1) is 5.92 Å². The molecule has 84 valence electrons. The highest BCUT2D eigenvalue weighted by Crippen LogP contribution is 2.29. The number of nitrogens with one attached hydrogen (secondary N) is 1. The van der Waals surface area contributed by atoms with Gasteiger partial charge in [0.05, 0.1) is 5.33 Å². The fourth-order valence-electron chi connectivity index (χ4n) is 1.28. The molecule has 1 aromatic rings. The summed E-state index contributed by atoms with van der Waals surface area (Å²) in [4.78, 5) is 26.7. The van der Waals surface area contributed by atoms with Gasteiger partial charge in [-0.25, -0.2) is 4.98 Å². The van der Waals surface area contributed by atoms with E-state index in [1.807, 2.05) is 0 Å². The zero-order valence-electron chi connectivity index (χ0n) is 8.57. The van der Waals surface area contributed by atoms with Crippen LogP contribution < -0.4 is 5.32 Å². The van der Waals surface area contributed by atoms with Crippen molar-refractivity contribution < 1.29 is 9.59 Å². The Bertz CT molecular complexity index is 412. The van der Waals surface area contributed by atoms with Gasteiger partial charge in [-0.1, -0.05) is 15.9 Å². The largest absolute Gasteiger partial charge is 0.310 e. The van der Waals surface area contributed by atoms with Crippen LogP contribution in [0.5, 0.6) is 0 Å². The molecule has 1 saturated carbocycles. The molecule has 1 aliphatic rings. The van der Waals surface area contributed by atoms with E-state index in [9.17, 15) is 9.59 Å². The number of hydrogen-bond acceptors (Lipinski definition) is 3. The van der Waals surface area contributed by atoms with Crippen LogP contribution in [0.1, 0.15) is 23.2 Å². The van der Waals surface area contributed by atoms with Crippen molar-refractivity contribution in [2.24, 2.45) is 5.92 Å². The lowest BCUT2D eigenvalue weighted by atomic mass is 10.2. The maximum Gasteiger partial charge on any atom is 0.228 e. The van der Waals surface area contributed by atoms with Crippen molar-refractivity contribution >= 4 is 33.4 Å². The van der Waals surface area contributed by atoms with Gasteiger partial charge in [-0.05, 0) is 25.0 Å². The monoisotopic (exact) mass is 282 g/mol. The molecule has 0 radical (unpaired) electrons. The second-order valence-corrected chi connectivity index (χ2v) is 4.31. The number of ketones is 1. The molecule has 0 aliphatic heterocycles. The van der Waals surface area contributed by atoms with Crippen LogP contribution in [0.4, 0.5) is 5.82 Å². The Labute approximate surface area is 102 Å². The number of carbonyl (C=O) groups excluding carboxylic acids is 2. The van der Waals surface area contributed by atoms with Crippen LogP contribution in [0.2, 0.25) is 0 Å². The summed E-state index contributed by atoms with van der Waals surface area (Å²) >= 11 is 3.09. The molecule has 1 heterocycles. The normalized spacial score (nSPS) is 14.6. The number of pyridine rings is 1. The predicted octanol–water partition coefficient (Wildman–Crippen LogP) is 2.01. The number of nitrogens with zero attached hydrogens (tertiary/aromatic N) is 1. The smallest absolute Gasteiger partial charge is 0.228 e. The van der Waals surface area contributed by atoms with Crippen LogP contribution in [0.15, 0.2) is 18.3 Å². The molecule has 2 rings (SSSR count). The summed E-state index contributed by atoms with van der Waals surface area (Å²) in [5.74, 6) is 0.660. The zero-order chi connectivity index (χ0) is 11.5. The van der Waals surface area contributed by atoms with Gasteiger partial charge in [0.15, 0.2) is 5.78 Å². The van der Waals surface area contributed by atoms with Crippen molar-refractivity contribution in [1.82, 2.24) is 4.98 Å². The van der Waals surface area contributed by atoms with Gasteiger partial charge in [-0.2, -0.15) is 0 Å². The minimum Gasteiger partial charge on any atom is -0.310 e. The average molecular weight is 283 g/mol. The van der Waals surface area contributed by atoms with Gasteiger partial charge < -0.3 is 5.32 Å². The van der Waals surface area contributed by atoms with Gasteiger partial charge in [-0.3, -0.25) is 9.59 Å². The van der Waals surface area contributed by atoms with Gasteiger partial charge >= 0.3 is 0 Å². The molecule has 1 N–H and O–H groups in total. The van der Waals surface area contributed by atoms with Gasteiger partial charge in [0.2, 0.25) is 5.91 Å². The van der Waals surface area contributed by atoms with Crippen molar-refractivity contribution in [3.63, 3.8) is 0 Å². The van der Waals surface area contributed by atoms with E-state index in [1.54, 1.807) is 12.1 Å². The highest BCUT2D eigenvalue weighted by Gasteiger charge is 2.29. The van der Waals surface area contributed by atoms with Crippen LogP contribution in [-0.4, -0.2) is 22.0 Å². The van der Waals surface area contributed by atoms with Crippen LogP contribution in [-0.2, 0) is 4.79 Å². The Balaban J connectivity index is 2.01. The molecule has 1 fully saturated rings. The molecule has 0 saturated heterocycles. The first-order valence-electron chi connectivity index (χ1n) is 5.07. The van der Waals surface area contributed by atoms with E-state index in [4.69, 9.17) is 0 Å². The fraction of sp³-hybridized carbons (Fsp3) is 0.364. The van der Waals surface area contributed by atoms with Crippen molar-refractivity contribution in [3.8, 4) is 0 Å². The molecule has 1 amide bonds. The number of aromatic nitrogens is 1. The Morgan fingerprint density at radius 3 is 2.69 bits per heavy atom. The number of hydrogen-bond donors (Lipinski definition) is 1. The lowest BCUT2D eigenvalue weighted by molar-refractivity contribution is -0.117. The highest BCUT2D eigenvalue weighted by molar-refractivity contribution is 9.09. The van der Waals surface area contributed by atoms with E-state index in [-0.39, 0.29) is 22.9 Å². The zero-order valence-corrected chi connectivity index (χ0v) is 10.2. The highest BCUT2D eigenvalue weighted by atomic mass is 79.9. The second-order valence-electron chi connectivity index (χ2n) is 3.75. The van der Waals surface area contributed by atoms with E-state index in [1.165, 1.54) is 6.20 Å². The number of anilines is 1. The predicted molar refractivity (Wildman–Crippen MR) is 63.7 cm³/mol. The summed E-state index contributed by atoms with van der Waals surface area (Å²) in [5, 5.41) is 3.00. The second kappa shape index (κ2) is 4.74. The quantitative estimate of drug-likeness (QED) is 0.679. The molecule has 16 heavy (non-hydrogen) atoms. The number of rotatable bonds is 4. The number of alkyl halides is 1. The van der Waals surface area contributed by atoms with E-state index in [2.05, 4.69) is 26.2 Å². The number of halogens is 1. The molecule has 0 bridgehead atoms. The van der Waals surface area contributed by atoms with Crippen molar-refractivity contribution in [2.45, 2.75) is 12.8 Å². The lowest BCUT2D eigenvalue weighted by Crippen LogP contribution is -2.14. The standard InChI is InChI=1S/C11H11BrN2O2/c12-5-9(15)8-3-4-10(13-6-8)14-11(16)7-1-2-7/h3-4,6-7H,1-2,5H2,(H,13,14,16). The number of amides is 1. The topological polar surface area (TPSA) is 59.1 Å². The minimum absolute atomic E-state index is 0.0204. The van der Waals surface area contributed by atoms with Crippen LogP contribution >= 0.6 is 15.9 Å². The lowest BCUT2D eigenvalue weighted by Gasteiger charge is -2.03. The van der Waals surface area contributed by atoms with Crippen LogP contribution in [0.25, 0.3) is 0 Å². The van der Waals surface area contributed by atoms with E-state index in [0.29, 0.717) is 11.4 Å². The molecule has 1 aliphatic carbocycles. The summed E-state index contributed by atoms with van der Waals surface area (Å²) in [7, 11) is 0. The first-order chi connectivity index (χ1) is 7.70. The first-order valence-corrected chi connectivity index (χ1v) is 6.19. The Hall–Kier alpha value is -1.23. The molecular weight excluding hydrogens is 272 g/mol. The van der Waals surface area contributed by atoms with Gasteiger partial charge in [-0.15, -0.1) is 0 Å². The van der Waals surface area contributed by atoms with E-state index < -0.39 is 0 Å². The number of carbonyl (C=O) groups is 2. The van der Waals surface area contributed by atoms with Crippen molar-refractivity contribution in [1.29, 1.82) is 0 Å². The van der Waals surface area contributed by atoms with E-state index >= 15 is 0 Å². The SMILES string of the molecule is O=C(CBr)c1ccc(NC(=O)C2CC2)nc1. The van der Waals surface area contributed by atoms with Crippen LogP contribution in [0.3, 0.4) is 0 Å². The average Bonchev–Trinajstić information content (AvgIpc) is 3.13. The minimum atomic E-state index is -0.0208. The third-order valence-corrected chi connectivity index (χ3v) is 2.92. The summed E-state index contributed by atoms with van der Waals surface area (Å²) in [6.07, 6.45) is 3.41. The first kappa shape index (κ1) is 11.3. The van der Waals surface area contributed by atoms with Gasteiger partial charge in [0.25, 0.3) is 0 Å².